The summed E-state index contributed by atoms with van der Waals surface area (Å²) in [5.74, 6) is -0.410. The van der Waals surface area contributed by atoms with Crippen LogP contribution in [0.1, 0.15) is 25.2 Å². The van der Waals surface area contributed by atoms with Gasteiger partial charge in [0.25, 0.3) is 0 Å². The van der Waals surface area contributed by atoms with Crippen molar-refractivity contribution in [2.24, 2.45) is 5.41 Å². The van der Waals surface area contributed by atoms with Gasteiger partial charge in [-0.1, -0.05) is 0 Å². The van der Waals surface area contributed by atoms with Crippen LogP contribution >= 0.6 is 11.6 Å². The number of ether oxygens (including phenoxy) is 1. The fourth-order valence-electron chi connectivity index (χ4n) is 2.24. The molecule has 0 saturated carbocycles. The molecule has 2 rings (SSSR count). The number of hydrogen-bond donors (Lipinski definition) is 1. The van der Waals surface area contributed by atoms with Crippen molar-refractivity contribution < 1.29 is 14.3 Å². The maximum atomic E-state index is 12.6. The highest BCUT2D eigenvalue weighted by atomic mass is 35.5. The Balaban J connectivity index is 2.33. The van der Waals surface area contributed by atoms with Crippen molar-refractivity contribution in [3.05, 3.63) is 17.7 Å². The number of carbonyl (C=O) groups excluding carboxylic acids is 2. The Kier molecular flexibility index (Phi) is 4.04. The lowest BCUT2D eigenvalue weighted by Crippen LogP contribution is -2.53. The molecule has 0 aromatic carbocycles. The van der Waals surface area contributed by atoms with Crippen molar-refractivity contribution in [1.82, 2.24) is 14.9 Å². The molecule has 6 nitrogen and oxygen atoms in total. The summed E-state index contributed by atoms with van der Waals surface area (Å²) in [5.41, 5.74) is 0.919. The van der Waals surface area contributed by atoms with E-state index in [0.29, 0.717) is 13.0 Å². The van der Waals surface area contributed by atoms with E-state index >= 15 is 0 Å². The fourth-order valence-corrected chi connectivity index (χ4v) is 2.36. The molecule has 110 valence electrons. The van der Waals surface area contributed by atoms with Gasteiger partial charge in [0.2, 0.25) is 5.91 Å². The first-order valence-electron chi connectivity index (χ1n) is 6.36. The van der Waals surface area contributed by atoms with Crippen molar-refractivity contribution in [3.63, 3.8) is 0 Å². The maximum Gasteiger partial charge on any atom is 0.329 e. The van der Waals surface area contributed by atoms with Crippen LogP contribution in [0.15, 0.2) is 6.33 Å². The van der Waals surface area contributed by atoms with Crippen molar-refractivity contribution in [2.45, 2.75) is 32.9 Å². The molecule has 0 radical (unpaired) electrons. The highest BCUT2D eigenvalue weighted by Crippen LogP contribution is 2.28. The minimum atomic E-state index is -0.731. The number of halogens is 1. The van der Waals surface area contributed by atoms with Crippen molar-refractivity contribution in [3.8, 4) is 0 Å². The first-order valence-corrected chi connectivity index (χ1v) is 6.90. The zero-order chi connectivity index (χ0) is 14.9. The van der Waals surface area contributed by atoms with Gasteiger partial charge in [-0.3, -0.25) is 4.79 Å². The number of esters is 1. The minimum absolute atomic E-state index is 0.164. The molecule has 1 N–H and O–H groups in total. The minimum Gasteiger partial charge on any atom is -0.467 e. The molecule has 1 aliphatic rings. The van der Waals surface area contributed by atoms with E-state index in [-0.39, 0.29) is 11.8 Å². The van der Waals surface area contributed by atoms with Crippen LogP contribution < -0.4 is 0 Å². The van der Waals surface area contributed by atoms with Crippen molar-refractivity contribution >= 4 is 23.5 Å². The third-order valence-electron chi connectivity index (χ3n) is 3.55. The van der Waals surface area contributed by atoms with E-state index in [4.69, 9.17) is 16.3 Å². The third-order valence-corrected chi connectivity index (χ3v) is 4.21. The van der Waals surface area contributed by atoms with Gasteiger partial charge in [0.15, 0.2) is 0 Å². The number of aromatic amines is 1. The lowest BCUT2D eigenvalue weighted by molar-refractivity contribution is -0.157. The van der Waals surface area contributed by atoms with Crippen molar-refractivity contribution in [2.75, 3.05) is 13.0 Å². The fraction of sp³-hybridized carbons (Fsp3) is 0.615. The number of nitrogens with one attached hydrogen (secondary N) is 1. The zero-order valence-electron chi connectivity index (χ0n) is 11.8. The molecular formula is C13H18ClN3O3. The van der Waals surface area contributed by atoms with Crippen LogP contribution in [0.25, 0.3) is 0 Å². The van der Waals surface area contributed by atoms with Gasteiger partial charge in [-0.15, -0.1) is 11.6 Å². The average molecular weight is 300 g/mol. The van der Waals surface area contributed by atoms with Gasteiger partial charge in [0, 0.05) is 12.3 Å². The Morgan fingerprint density at radius 1 is 1.60 bits per heavy atom. The Hall–Kier alpha value is -1.56. The SMILES string of the molecule is COC(=O)C1Cc2nc[nH]c2CN1C(=O)C(C)(C)CCl. The Bertz CT molecular complexity index is 527. The van der Waals surface area contributed by atoms with Crippen LogP contribution in [-0.2, 0) is 27.3 Å². The van der Waals surface area contributed by atoms with E-state index in [2.05, 4.69) is 9.97 Å². The number of aromatic nitrogens is 2. The second-order valence-corrected chi connectivity index (χ2v) is 5.79. The predicted molar refractivity (Wildman–Crippen MR) is 73.1 cm³/mol. The molecule has 1 amide bonds. The topological polar surface area (TPSA) is 75.3 Å². The maximum absolute atomic E-state index is 12.6. The summed E-state index contributed by atoms with van der Waals surface area (Å²) in [5, 5.41) is 0. The van der Waals surface area contributed by atoms with Gasteiger partial charge in [0.1, 0.15) is 6.04 Å². The highest BCUT2D eigenvalue weighted by molar-refractivity contribution is 6.19. The number of H-pyrrole nitrogens is 1. The summed E-state index contributed by atoms with van der Waals surface area (Å²) in [6.07, 6.45) is 1.93. The number of nitrogens with zero attached hydrogens (tertiary/aromatic N) is 2. The van der Waals surface area contributed by atoms with Crippen molar-refractivity contribution in [1.29, 1.82) is 0 Å². The molecular weight excluding hydrogens is 282 g/mol. The highest BCUT2D eigenvalue weighted by Gasteiger charge is 2.41. The molecule has 1 atom stereocenters. The molecule has 1 unspecified atom stereocenters. The van der Waals surface area contributed by atoms with E-state index in [1.807, 2.05) is 0 Å². The number of alkyl halides is 1. The summed E-state index contributed by atoms with van der Waals surface area (Å²) in [6, 6.07) is -0.647. The number of methoxy groups -OCH3 is 1. The van der Waals surface area contributed by atoms with Crippen LogP contribution in [0.4, 0.5) is 0 Å². The van der Waals surface area contributed by atoms with Crippen LogP contribution in [0.3, 0.4) is 0 Å². The summed E-state index contributed by atoms with van der Waals surface area (Å²) >= 11 is 5.86. The van der Waals surface area contributed by atoms with E-state index in [1.54, 1.807) is 20.2 Å². The molecule has 0 bridgehead atoms. The number of fused-ring (bicyclic) bond motifs is 1. The number of amides is 1. The first kappa shape index (κ1) is 14.8. The van der Waals surface area contributed by atoms with Gasteiger partial charge >= 0.3 is 5.97 Å². The number of hydrogen-bond acceptors (Lipinski definition) is 4. The van der Waals surface area contributed by atoms with E-state index in [1.165, 1.54) is 12.0 Å². The normalized spacial score (nSPS) is 18.6. The lowest BCUT2D eigenvalue weighted by Gasteiger charge is -2.37. The number of carbonyl (C=O) groups is 2. The monoisotopic (exact) mass is 299 g/mol. The number of rotatable bonds is 3. The van der Waals surface area contributed by atoms with E-state index in [9.17, 15) is 9.59 Å². The smallest absolute Gasteiger partial charge is 0.329 e. The molecule has 1 aromatic heterocycles. The molecule has 0 spiro atoms. The average Bonchev–Trinajstić information content (AvgIpc) is 2.91. The van der Waals surface area contributed by atoms with Crippen LogP contribution in [0.5, 0.6) is 0 Å². The van der Waals surface area contributed by atoms with E-state index in [0.717, 1.165) is 11.4 Å². The van der Waals surface area contributed by atoms with Gasteiger partial charge in [-0.2, -0.15) is 0 Å². The van der Waals surface area contributed by atoms with Gasteiger partial charge in [0.05, 0.1) is 36.8 Å². The zero-order valence-corrected chi connectivity index (χ0v) is 12.5. The molecule has 20 heavy (non-hydrogen) atoms. The van der Waals surface area contributed by atoms with Crippen LogP contribution in [0.2, 0.25) is 0 Å². The summed E-state index contributed by atoms with van der Waals surface area (Å²) in [6.45, 7) is 3.84. The van der Waals surface area contributed by atoms with Gasteiger partial charge in [-0.25, -0.2) is 9.78 Å². The third kappa shape index (κ3) is 2.52. The number of imidazole rings is 1. The first-order chi connectivity index (χ1) is 9.40. The second kappa shape index (κ2) is 5.44. The molecule has 0 aliphatic carbocycles. The lowest BCUT2D eigenvalue weighted by atomic mass is 9.91. The van der Waals surface area contributed by atoms with Gasteiger partial charge < -0.3 is 14.6 Å². The predicted octanol–water partition coefficient (Wildman–Crippen LogP) is 1.10. The molecule has 0 saturated heterocycles. The Labute approximate surface area is 122 Å². The Morgan fingerprint density at radius 3 is 2.90 bits per heavy atom. The van der Waals surface area contributed by atoms with Crippen LogP contribution in [-0.4, -0.2) is 45.8 Å². The second-order valence-electron chi connectivity index (χ2n) is 5.52. The molecule has 7 heteroatoms. The standard InChI is InChI=1S/C13H18ClN3O3/c1-13(2,6-14)12(19)17-5-9-8(15-7-16-9)4-10(17)11(18)20-3/h7,10H,4-6H2,1-3H3,(H,15,16). The molecule has 2 heterocycles. The molecule has 0 fully saturated rings. The summed E-state index contributed by atoms with van der Waals surface area (Å²) in [4.78, 5) is 33.2. The summed E-state index contributed by atoms with van der Waals surface area (Å²) < 4.78 is 4.80. The van der Waals surface area contributed by atoms with Crippen LogP contribution in [0, 0.1) is 5.41 Å². The summed E-state index contributed by atoms with van der Waals surface area (Å²) in [7, 11) is 1.32. The quantitative estimate of drug-likeness (QED) is 0.670. The van der Waals surface area contributed by atoms with E-state index < -0.39 is 17.4 Å². The largest absolute Gasteiger partial charge is 0.467 e. The Morgan fingerprint density at radius 2 is 2.30 bits per heavy atom. The molecule has 1 aliphatic heterocycles. The molecule has 1 aromatic rings. The van der Waals surface area contributed by atoms with Gasteiger partial charge in [-0.05, 0) is 13.8 Å².